The number of alkyl halides is 3. The van der Waals surface area contributed by atoms with Crippen molar-refractivity contribution in [3.8, 4) is 10.6 Å². The second kappa shape index (κ2) is 11.1. The number of hydrogen-bond donors (Lipinski definition) is 3. The van der Waals surface area contributed by atoms with Gasteiger partial charge in [0.1, 0.15) is 23.5 Å². The number of nitrogens with one attached hydrogen (secondary N) is 1. The molecule has 0 bridgehead atoms. The van der Waals surface area contributed by atoms with Crippen LogP contribution in [0.2, 0.25) is 0 Å². The highest BCUT2D eigenvalue weighted by atomic mass is 32.2. The maximum atomic E-state index is 12.9. The van der Waals surface area contributed by atoms with Gasteiger partial charge in [0.15, 0.2) is 6.23 Å². The van der Waals surface area contributed by atoms with Crippen LogP contribution in [0.5, 0.6) is 0 Å². The van der Waals surface area contributed by atoms with E-state index in [1.165, 1.54) is 20.5 Å². The van der Waals surface area contributed by atoms with Crippen molar-refractivity contribution in [1.29, 1.82) is 0 Å². The maximum absolute atomic E-state index is 12.9. The van der Waals surface area contributed by atoms with E-state index in [0.717, 1.165) is 16.5 Å². The predicted octanol–water partition coefficient (Wildman–Crippen LogP) is 3.21. The predicted molar refractivity (Wildman–Crippen MR) is 144 cm³/mol. The molecule has 4 atom stereocenters. The van der Waals surface area contributed by atoms with Gasteiger partial charge in [0.25, 0.3) is 0 Å². The summed E-state index contributed by atoms with van der Waals surface area (Å²) in [4.78, 5) is 14.6. The third kappa shape index (κ3) is 6.27. The maximum Gasteiger partial charge on any atom is 0.405 e. The minimum absolute atomic E-state index is 0.124. The van der Waals surface area contributed by atoms with Gasteiger partial charge in [-0.2, -0.15) is 22.5 Å². The molecule has 0 radical (unpaired) electrons. The molecule has 1 fully saturated rings. The number of piperidine rings is 1. The van der Waals surface area contributed by atoms with Gasteiger partial charge in [-0.25, -0.2) is 18.4 Å². The standard InChI is InChI=1S/C24H31F3N6O4S2/c1-5-33(39(4,36)37)14(3)15-10-11-32(22(35)19(15)34)20-18(21-30-16-8-6-7-9-17(16)38-21)13(2)29-23(31-20)28-12-24(25,26)27/h6-9,14-15,19,22,34-35H,5,10-12H2,1-4H3,(H,28,29,31)/t14?,15?,19-,22?/m1/s1. The summed E-state index contributed by atoms with van der Waals surface area (Å²) in [6.07, 6.45) is -6.00. The molecule has 0 aliphatic carbocycles. The average Bonchev–Trinajstić information content (AvgIpc) is 3.26. The van der Waals surface area contributed by atoms with E-state index in [-0.39, 0.29) is 24.9 Å². The zero-order chi connectivity index (χ0) is 28.7. The lowest BCUT2D eigenvalue weighted by atomic mass is 9.86. The highest BCUT2D eigenvalue weighted by Gasteiger charge is 2.43. The third-order valence-corrected chi connectivity index (χ3v) is 9.37. The Hall–Kier alpha value is -2.59. The molecule has 1 saturated heterocycles. The molecule has 214 valence electrons. The van der Waals surface area contributed by atoms with E-state index in [1.54, 1.807) is 20.8 Å². The second-order valence-corrected chi connectivity index (χ2v) is 12.5. The van der Waals surface area contributed by atoms with Gasteiger partial charge < -0.3 is 20.4 Å². The second-order valence-electron chi connectivity index (χ2n) is 9.54. The smallest absolute Gasteiger partial charge is 0.388 e. The summed E-state index contributed by atoms with van der Waals surface area (Å²) in [6.45, 7) is 4.00. The fourth-order valence-corrected chi connectivity index (χ4v) is 7.33. The van der Waals surface area contributed by atoms with Crippen LogP contribution in [-0.2, 0) is 10.0 Å². The SMILES string of the molecule is CCN(C(C)C1CCN(c2nc(NCC(F)(F)F)nc(C)c2-c2nc3ccccc3s2)C(O)[C@@H]1O)S(C)(=O)=O. The van der Waals surface area contributed by atoms with Crippen LogP contribution in [0.15, 0.2) is 24.3 Å². The molecule has 3 aromatic rings. The van der Waals surface area contributed by atoms with E-state index in [2.05, 4.69) is 20.3 Å². The number of aliphatic hydroxyl groups excluding tert-OH is 2. The van der Waals surface area contributed by atoms with Crippen LogP contribution in [0.1, 0.15) is 26.0 Å². The van der Waals surface area contributed by atoms with Gasteiger partial charge in [0.05, 0.1) is 27.7 Å². The normalized spacial score (nSPS) is 21.5. The van der Waals surface area contributed by atoms with Crippen molar-refractivity contribution >= 4 is 43.3 Å². The number of sulfonamides is 1. The van der Waals surface area contributed by atoms with Gasteiger partial charge in [-0.1, -0.05) is 19.1 Å². The first-order valence-corrected chi connectivity index (χ1v) is 15.0. The Morgan fingerprint density at radius 1 is 1.23 bits per heavy atom. The van der Waals surface area contributed by atoms with Gasteiger partial charge >= 0.3 is 6.18 Å². The molecular weight excluding hydrogens is 557 g/mol. The van der Waals surface area contributed by atoms with Crippen LogP contribution in [0.25, 0.3) is 20.8 Å². The zero-order valence-corrected chi connectivity index (χ0v) is 23.5. The molecule has 1 aliphatic heterocycles. The van der Waals surface area contributed by atoms with Gasteiger partial charge in [-0.3, -0.25) is 0 Å². The van der Waals surface area contributed by atoms with Crippen LogP contribution in [0.3, 0.4) is 0 Å². The summed E-state index contributed by atoms with van der Waals surface area (Å²) in [7, 11) is -3.56. The molecule has 2 aromatic heterocycles. The first-order valence-electron chi connectivity index (χ1n) is 12.4. The van der Waals surface area contributed by atoms with E-state index >= 15 is 0 Å². The van der Waals surface area contributed by atoms with Crippen molar-refractivity contribution in [1.82, 2.24) is 19.3 Å². The molecule has 39 heavy (non-hydrogen) atoms. The number of rotatable bonds is 8. The number of para-hydroxylation sites is 1. The molecule has 1 aliphatic rings. The van der Waals surface area contributed by atoms with E-state index < -0.39 is 47.0 Å². The lowest BCUT2D eigenvalue weighted by Crippen LogP contribution is -2.58. The molecular formula is C24H31F3N6O4S2. The lowest BCUT2D eigenvalue weighted by Gasteiger charge is -2.45. The summed E-state index contributed by atoms with van der Waals surface area (Å²) < 4.78 is 65.4. The third-order valence-electron chi connectivity index (χ3n) is 6.88. The molecule has 0 spiro atoms. The van der Waals surface area contributed by atoms with Crippen molar-refractivity contribution in [2.24, 2.45) is 5.92 Å². The summed E-state index contributed by atoms with van der Waals surface area (Å²) in [5, 5.41) is 25.1. The van der Waals surface area contributed by atoms with Crippen LogP contribution in [0, 0.1) is 12.8 Å². The number of aliphatic hydroxyl groups is 2. The van der Waals surface area contributed by atoms with Gasteiger partial charge in [-0.15, -0.1) is 11.3 Å². The number of anilines is 2. The highest BCUT2D eigenvalue weighted by Crippen LogP contribution is 2.40. The summed E-state index contributed by atoms with van der Waals surface area (Å²) >= 11 is 1.35. The summed E-state index contributed by atoms with van der Waals surface area (Å²) in [5.74, 6) is -0.752. The molecule has 0 saturated carbocycles. The Morgan fingerprint density at radius 2 is 1.92 bits per heavy atom. The Kier molecular flexibility index (Phi) is 8.38. The first-order chi connectivity index (χ1) is 18.2. The lowest BCUT2D eigenvalue weighted by molar-refractivity contribution is -0.115. The number of thiazole rings is 1. The van der Waals surface area contributed by atoms with Crippen molar-refractivity contribution in [2.75, 3.05) is 36.1 Å². The molecule has 15 heteroatoms. The Morgan fingerprint density at radius 3 is 2.54 bits per heavy atom. The minimum atomic E-state index is -4.50. The van der Waals surface area contributed by atoms with Crippen molar-refractivity contribution in [3.63, 3.8) is 0 Å². The summed E-state index contributed by atoms with van der Waals surface area (Å²) in [5.41, 5.74) is 1.49. The number of aryl methyl sites for hydroxylation is 1. The Bertz CT molecular complexity index is 1400. The van der Waals surface area contributed by atoms with E-state index in [4.69, 9.17) is 0 Å². The van der Waals surface area contributed by atoms with Crippen molar-refractivity contribution in [2.45, 2.75) is 51.7 Å². The number of nitrogens with zero attached hydrogens (tertiary/aromatic N) is 5. The summed E-state index contributed by atoms with van der Waals surface area (Å²) in [6, 6.07) is 6.82. The molecule has 3 unspecified atom stereocenters. The fraction of sp³-hybridized carbons (Fsp3) is 0.542. The molecule has 1 aromatic carbocycles. The van der Waals surface area contributed by atoms with Crippen molar-refractivity contribution in [3.05, 3.63) is 30.0 Å². The Labute approximate surface area is 228 Å². The van der Waals surface area contributed by atoms with Gasteiger partial charge in [0, 0.05) is 25.0 Å². The van der Waals surface area contributed by atoms with E-state index in [0.29, 0.717) is 22.7 Å². The van der Waals surface area contributed by atoms with E-state index in [9.17, 15) is 31.8 Å². The number of halogens is 3. The number of aromatic nitrogens is 3. The molecule has 10 nitrogen and oxygen atoms in total. The van der Waals surface area contributed by atoms with Crippen LogP contribution >= 0.6 is 11.3 Å². The van der Waals surface area contributed by atoms with E-state index in [1.807, 2.05) is 24.3 Å². The first kappa shape index (κ1) is 29.4. The number of benzene rings is 1. The number of fused-ring (bicyclic) bond motifs is 1. The van der Waals surface area contributed by atoms with Crippen LogP contribution in [0.4, 0.5) is 24.9 Å². The van der Waals surface area contributed by atoms with Gasteiger partial charge in [0.2, 0.25) is 16.0 Å². The minimum Gasteiger partial charge on any atom is -0.388 e. The highest BCUT2D eigenvalue weighted by molar-refractivity contribution is 7.88. The molecule has 0 amide bonds. The quantitative estimate of drug-likeness (QED) is 0.363. The average molecular weight is 589 g/mol. The zero-order valence-electron chi connectivity index (χ0n) is 21.8. The molecule has 4 rings (SSSR count). The molecule has 3 heterocycles. The fourth-order valence-electron chi connectivity index (χ4n) is 5.05. The number of hydrogen-bond acceptors (Lipinski definition) is 10. The van der Waals surface area contributed by atoms with Crippen molar-refractivity contribution < 1.29 is 31.8 Å². The largest absolute Gasteiger partial charge is 0.405 e. The monoisotopic (exact) mass is 588 g/mol. The molecule has 3 N–H and O–H groups in total. The van der Waals surface area contributed by atoms with Crippen LogP contribution in [-0.4, -0.2) is 88.3 Å². The van der Waals surface area contributed by atoms with Gasteiger partial charge in [-0.05, 0) is 32.4 Å². The Balaban J connectivity index is 1.75. The van der Waals surface area contributed by atoms with Crippen LogP contribution < -0.4 is 10.2 Å². The topological polar surface area (TPSA) is 132 Å².